The Bertz CT molecular complexity index is 837. The number of aromatic nitrogens is 1. The van der Waals surface area contributed by atoms with Crippen molar-refractivity contribution in [2.24, 2.45) is 4.99 Å². The second kappa shape index (κ2) is 13.1. The van der Waals surface area contributed by atoms with Crippen molar-refractivity contribution in [1.29, 1.82) is 0 Å². The number of pyridine rings is 1. The Morgan fingerprint density at radius 2 is 1.90 bits per heavy atom. The molecule has 1 aromatic carbocycles. The average Bonchev–Trinajstić information content (AvgIpc) is 2.72. The van der Waals surface area contributed by atoms with Gasteiger partial charge in [0.05, 0.1) is 13.7 Å². The fourth-order valence-electron chi connectivity index (χ4n) is 2.39. The summed E-state index contributed by atoms with van der Waals surface area (Å²) in [6.45, 7) is 1.33. The van der Waals surface area contributed by atoms with Gasteiger partial charge >= 0.3 is 6.18 Å². The zero-order valence-electron chi connectivity index (χ0n) is 17.4. The van der Waals surface area contributed by atoms with E-state index < -0.39 is 12.8 Å². The van der Waals surface area contributed by atoms with Crippen molar-refractivity contribution in [2.75, 3.05) is 27.3 Å². The van der Waals surface area contributed by atoms with E-state index in [2.05, 4.69) is 25.3 Å². The molecule has 0 aliphatic heterocycles. The van der Waals surface area contributed by atoms with Crippen LogP contribution in [0.3, 0.4) is 0 Å². The van der Waals surface area contributed by atoms with Gasteiger partial charge in [-0.2, -0.15) is 13.2 Å². The topological polar surface area (TPSA) is 77.0 Å². The fourth-order valence-corrected chi connectivity index (χ4v) is 2.39. The predicted octanol–water partition coefficient (Wildman–Crippen LogP) is 3.78. The number of guanidine groups is 1. The monoisotopic (exact) mass is 554 g/mol. The molecule has 0 amide bonds. The van der Waals surface area contributed by atoms with Crippen LogP contribution < -0.4 is 24.8 Å². The maximum Gasteiger partial charge on any atom is 0.422 e. The lowest BCUT2D eigenvalue weighted by Crippen LogP contribution is -2.41. The Morgan fingerprint density at radius 3 is 2.58 bits per heavy atom. The number of rotatable bonds is 9. The van der Waals surface area contributed by atoms with Crippen LogP contribution in [0.15, 0.2) is 47.6 Å². The van der Waals surface area contributed by atoms with Gasteiger partial charge in [-0.15, -0.1) is 24.0 Å². The predicted molar refractivity (Wildman–Crippen MR) is 122 cm³/mol. The van der Waals surface area contributed by atoms with E-state index >= 15 is 0 Å². The van der Waals surface area contributed by atoms with Crippen LogP contribution in [0.25, 0.3) is 0 Å². The van der Waals surface area contributed by atoms with Crippen molar-refractivity contribution in [2.45, 2.75) is 25.7 Å². The molecule has 0 aliphatic carbocycles. The SMILES string of the molecule is CN=C(NCc1ccnc(OCC(F)(F)F)c1)NCC(C)Oc1cccc(OC)c1.I. The number of methoxy groups -OCH3 is 1. The molecule has 0 saturated heterocycles. The van der Waals surface area contributed by atoms with Gasteiger partial charge in [0.2, 0.25) is 5.88 Å². The largest absolute Gasteiger partial charge is 0.497 e. The average molecular weight is 554 g/mol. The highest BCUT2D eigenvalue weighted by Crippen LogP contribution is 2.20. The van der Waals surface area contributed by atoms with Crippen LogP contribution in [-0.2, 0) is 6.54 Å². The molecular formula is C20H26F3IN4O3. The van der Waals surface area contributed by atoms with Gasteiger partial charge in [-0.05, 0) is 30.7 Å². The Morgan fingerprint density at radius 1 is 1.16 bits per heavy atom. The molecule has 1 aromatic heterocycles. The van der Waals surface area contributed by atoms with E-state index in [1.807, 2.05) is 25.1 Å². The molecule has 0 fully saturated rings. The summed E-state index contributed by atoms with van der Waals surface area (Å²) in [5.41, 5.74) is 0.700. The van der Waals surface area contributed by atoms with Gasteiger partial charge in [0, 0.05) is 31.9 Å². The molecule has 0 saturated carbocycles. The van der Waals surface area contributed by atoms with Crippen molar-refractivity contribution >= 4 is 29.9 Å². The molecule has 11 heteroatoms. The Hall–Kier alpha value is -2.44. The molecule has 172 valence electrons. The van der Waals surface area contributed by atoms with Gasteiger partial charge in [-0.3, -0.25) is 4.99 Å². The van der Waals surface area contributed by atoms with E-state index in [0.717, 1.165) is 0 Å². The summed E-state index contributed by atoms with van der Waals surface area (Å²) < 4.78 is 52.5. The first-order valence-corrected chi connectivity index (χ1v) is 9.19. The van der Waals surface area contributed by atoms with Gasteiger partial charge in [0.15, 0.2) is 12.6 Å². The van der Waals surface area contributed by atoms with E-state index in [4.69, 9.17) is 9.47 Å². The number of halogens is 4. The molecule has 0 radical (unpaired) electrons. The van der Waals surface area contributed by atoms with Crippen molar-refractivity contribution < 1.29 is 27.4 Å². The molecule has 31 heavy (non-hydrogen) atoms. The third-order valence-electron chi connectivity index (χ3n) is 3.80. The molecular weight excluding hydrogens is 528 g/mol. The highest BCUT2D eigenvalue weighted by molar-refractivity contribution is 14.0. The molecule has 2 N–H and O–H groups in total. The zero-order valence-corrected chi connectivity index (χ0v) is 19.7. The summed E-state index contributed by atoms with van der Waals surface area (Å²) in [4.78, 5) is 7.90. The third kappa shape index (κ3) is 10.4. The Balaban J connectivity index is 0.00000480. The minimum Gasteiger partial charge on any atom is -0.497 e. The molecule has 0 bridgehead atoms. The number of nitrogens with zero attached hydrogens (tertiary/aromatic N) is 2. The quantitative estimate of drug-likeness (QED) is 0.279. The van der Waals surface area contributed by atoms with Crippen LogP contribution in [0.1, 0.15) is 12.5 Å². The van der Waals surface area contributed by atoms with Crippen LogP contribution in [0.5, 0.6) is 17.4 Å². The van der Waals surface area contributed by atoms with Gasteiger partial charge in [0.1, 0.15) is 17.6 Å². The molecule has 1 unspecified atom stereocenters. The van der Waals surface area contributed by atoms with Crippen LogP contribution >= 0.6 is 24.0 Å². The van der Waals surface area contributed by atoms with Crippen LogP contribution in [0, 0.1) is 0 Å². The lowest BCUT2D eigenvalue weighted by atomic mass is 10.2. The van der Waals surface area contributed by atoms with E-state index in [9.17, 15) is 13.2 Å². The van der Waals surface area contributed by atoms with E-state index in [0.29, 0.717) is 36.1 Å². The summed E-state index contributed by atoms with van der Waals surface area (Å²) in [6, 6.07) is 10.4. The molecule has 2 rings (SSSR count). The van der Waals surface area contributed by atoms with Crippen LogP contribution in [-0.4, -0.2) is 50.5 Å². The number of hydrogen-bond acceptors (Lipinski definition) is 5. The highest BCUT2D eigenvalue weighted by atomic mass is 127. The second-order valence-electron chi connectivity index (χ2n) is 6.32. The van der Waals surface area contributed by atoms with Crippen molar-refractivity contribution in [3.8, 4) is 17.4 Å². The van der Waals surface area contributed by atoms with Crippen LogP contribution in [0.2, 0.25) is 0 Å². The molecule has 0 spiro atoms. The van der Waals surface area contributed by atoms with E-state index in [1.54, 1.807) is 26.3 Å². The van der Waals surface area contributed by atoms with Gasteiger partial charge in [0.25, 0.3) is 0 Å². The molecule has 1 heterocycles. The lowest BCUT2D eigenvalue weighted by molar-refractivity contribution is -0.154. The first-order valence-electron chi connectivity index (χ1n) is 9.19. The molecule has 2 aromatic rings. The lowest BCUT2D eigenvalue weighted by Gasteiger charge is -2.18. The summed E-state index contributed by atoms with van der Waals surface area (Å²) in [6.07, 6.45) is -3.17. The Labute approximate surface area is 196 Å². The number of hydrogen-bond donors (Lipinski definition) is 2. The van der Waals surface area contributed by atoms with Crippen molar-refractivity contribution in [3.63, 3.8) is 0 Å². The Kier molecular flexibility index (Phi) is 11.2. The summed E-state index contributed by atoms with van der Waals surface area (Å²) in [7, 11) is 3.21. The summed E-state index contributed by atoms with van der Waals surface area (Å²) in [5.74, 6) is 1.83. The van der Waals surface area contributed by atoms with E-state index in [-0.39, 0.29) is 36.0 Å². The standard InChI is InChI=1S/C20H25F3N4O3.HI/c1-14(30-17-6-4-5-16(10-17)28-3)11-26-19(24-2)27-12-15-7-8-25-18(9-15)29-13-20(21,22)23;/h4-10,14H,11-13H2,1-3H3,(H2,24,26,27);1H. The second-order valence-corrected chi connectivity index (χ2v) is 6.32. The smallest absolute Gasteiger partial charge is 0.422 e. The normalized spacial score (nSPS) is 12.4. The maximum atomic E-state index is 12.3. The minimum atomic E-state index is -4.41. The van der Waals surface area contributed by atoms with E-state index in [1.165, 1.54) is 12.3 Å². The highest BCUT2D eigenvalue weighted by Gasteiger charge is 2.28. The van der Waals surface area contributed by atoms with Crippen molar-refractivity contribution in [1.82, 2.24) is 15.6 Å². The summed E-state index contributed by atoms with van der Waals surface area (Å²) >= 11 is 0. The third-order valence-corrected chi connectivity index (χ3v) is 3.80. The molecule has 1 atom stereocenters. The first kappa shape index (κ1) is 26.6. The van der Waals surface area contributed by atoms with Gasteiger partial charge in [-0.1, -0.05) is 6.07 Å². The number of ether oxygens (including phenoxy) is 3. The summed E-state index contributed by atoms with van der Waals surface area (Å²) in [5, 5.41) is 6.22. The van der Waals surface area contributed by atoms with Gasteiger partial charge in [-0.25, -0.2) is 4.98 Å². The number of alkyl halides is 3. The van der Waals surface area contributed by atoms with Gasteiger partial charge < -0.3 is 24.8 Å². The van der Waals surface area contributed by atoms with Crippen LogP contribution in [0.4, 0.5) is 13.2 Å². The molecule has 7 nitrogen and oxygen atoms in total. The first-order chi connectivity index (χ1) is 14.3. The zero-order chi connectivity index (χ0) is 22.0. The van der Waals surface area contributed by atoms with Crippen molar-refractivity contribution in [3.05, 3.63) is 48.2 Å². The fraction of sp³-hybridized carbons (Fsp3) is 0.400. The number of aliphatic imine (C=N–C) groups is 1. The minimum absolute atomic E-state index is 0. The number of benzene rings is 1. The molecule has 0 aliphatic rings. The number of nitrogens with one attached hydrogen (secondary N) is 2. The maximum absolute atomic E-state index is 12.3.